The Morgan fingerprint density at radius 3 is 2.71 bits per heavy atom. The smallest absolute Gasteiger partial charge is 0.189 e. The van der Waals surface area contributed by atoms with Gasteiger partial charge >= 0.3 is 0 Å². The standard InChI is InChI=1S/C10H12O3S/c1-7-3-8(2)10-9(4-7)5-14(11,12)6-13-10/h3-4H,5-6H2,1-2H3. The molecule has 0 spiro atoms. The molecule has 0 bridgehead atoms. The van der Waals surface area contributed by atoms with Crippen molar-refractivity contribution in [2.24, 2.45) is 0 Å². The van der Waals surface area contributed by atoms with E-state index >= 15 is 0 Å². The fourth-order valence-corrected chi connectivity index (χ4v) is 2.85. The van der Waals surface area contributed by atoms with Crippen LogP contribution in [0, 0.1) is 13.8 Å². The van der Waals surface area contributed by atoms with E-state index in [2.05, 4.69) is 0 Å². The lowest BCUT2D eigenvalue weighted by atomic mass is 10.1. The van der Waals surface area contributed by atoms with Crippen LogP contribution >= 0.6 is 0 Å². The van der Waals surface area contributed by atoms with Crippen LogP contribution in [0.2, 0.25) is 0 Å². The Morgan fingerprint density at radius 2 is 2.00 bits per heavy atom. The average molecular weight is 212 g/mol. The highest BCUT2D eigenvalue weighted by Gasteiger charge is 2.23. The van der Waals surface area contributed by atoms with E-state index in [1.165, 1.54) is 0 Å². The Hall–Kier alpha value is -1.03. The fourth-order valence-electron chi connectivity index (χ4n) is 1.78. The molecule has 1 aromatic carbocycles. The molecule has 1 aromatic rings. The third-order valence-electron chi connectivity index (χ3n) is 2.25. The summed E-state index contributed by atoms with van der Waals surface area (Å²) in [6.07, 6.45) is 0. The van der Waals surface area contributed by atoms with Crippen molar-refractivity contribution in [3.63, 3.8) is 0 Å². The molecular formula is C10H12O3S. The van der Waals surface area contributed by atoms with Gasteiger partial charge in [-0.2, -0.15) is 0 Å². The topological polar surface area (TPSA) is 43.4 Å². The molecule has 4 heteroatoms. The minimum absolute atomic E-state index is 0.102. The molecular weight excluding hydrogens is 200 g/mol. The van der Waals surface area contributed by atoms with E-state index in [9.17, 15) is 8.42 Å². The predicted molar refractivity (Wildman–Crippen MR) is 54.0 cm³/mol. The molecule has 3 nitrogen and oxygen atoms in total. The van der Waals surface area contributed by atoms with Gasteiger partial charge in [-0.1, -0.05) is 17.7 Å². The lowest BCUT2D eigenvalue weighted by molar-refractivity contribution is 0.362. The van der Waals surface area contributed by atoms with Gasteiger partial charge in [-0.25, -0.2) is 8.42 Å². The summed E-state index contributed by atoms with van der Waals surface area (Å²) < 4.78 is 27.9. The van der Waals surface area contributed by atoms with Crippen molar-refractivity contribution in [2.75, 3.05) is 5.94 Å². The van der Waals surface area contributed by atoms with E-state index < -0.39 is 9.84 Å². The number of sulfone groups is 1. The first-order valence-electron chi connectivity index (χ1n) is 4.41. The molecule has 0 aromatic heterocycles. The molecule has 0 aliphatic carbocycles. The number of benzene rings is 1. The largest absolute Gasteiger partial charge is 0.477 e. The summed E-state index contributed by atoms with van der Waals surface area (Å²) in [5, 5.41) is 0. The van der Waals surface area contributed by atoms with Crippen LogP contribution in [0.15, 0.2) is 12.1 Å². The van der Waals surface area contributed by atoms with Crippen LogP contribution in [-0.2, 0) is 15.6 Å². The zero-order valence-corrected chi connectivity index (χ0v) is 9.02. The lowest BCUT2D eigenvalue weighted by Gasteiger charge is -2.20. The maximum absolute atomic E-state index is 11.3. The summed E-state index contributed by atoms with van der Waals surface area (Å²) in [5.41, 5.74) is 2.87. The van der Waals surface area contributed by atoms with Gasteiger partial charge in [-0.05, 0) is 19.4 Å². The van der Waals surface area contributed by atoms with Crippen LogP contribution in [0.3, 0.4) is 0 Å². The number of hydrogen-bond donors (Lipinski definition) is 0. The molecule has 1 heterocycles. The number of ether oxygens (including phenoxy) is 1. The molecule has 1 aliphatic rings. The van der Waals surface area contributed by atoms with Crippen LogP contribution in [-0.4, -0.2) is 14.4 Å². The van der Waals surface area contributed by atoms with Gasteiger partial charge in [-0.15, -0.1) is 0 Å². The quantitative estimate of drug-likeness (QED) is 0.655. The third-order valence-corrected chi connectivity index (χ3v) is 3.48. The first-order chi connectivity index (χ1) is 6.48. The Kier molecular flexibility index (Phi) is 2.03. The molecule has 0 saturated heterocycles. The molecule has 1 aliphatic heterocycles. The molecule has 0 fully saturated rings. The highest BCUT2D eigenvalue weighted by atomic mass is 32.2. The van der Waals surface area contributed by atoms with Gasteiger partial charge < -0.3 is 4.74 Å². The second-order valence-electron chi connectivity index (χ2n) is 3.72. The minimum Gasteiger partial charge on any atom is -0.477 e. The average Bonchev–Trinajstić information content (AvgIpc) is 2.00. The molecule has 0 saturated carbocycles. The first kappa shape index (κ1) is 9.52. The first-order valence-corrected chi connectivity index (χ1v) is 6.23. The maximum atomic E-state index is 11.3. The van der Waals surface area contributed by atoms with E-state index in [0.29, 0.717) is 0 Å². The van der Waals surface area contributed by atoms with Crippen molar-refractivity contribution in [1.82, 2.24) is 0 Å². The number of rotatable bonds is 0. The molecule has 0 atom stereocenters. The fraction of sp³-hybridized carbons (Fsp3) is 0.400. The molecule has 2 rings (SSSR count). The van der Waals surface area contributed by atoms with Gasteiger partial charge in [0.25, 0.3) is 0 Å². The Labute approximate surface area is 83.6 Å². The summed E-state index contributed by atoms with van der Waals surface area (Å²) in [5.74, 6) is 0.653. The summed E-state index contributed by atoms with van der Waals surface area (Å²) in [7, 11) is -3.05. The second kappa shape index (κ2) is 2.98. The number of hydrogen-bond acceptors (Lipinski definition) is 3. The van der Waals surface area contributed by atoms with E-state index in [4.69, 9.17) is 4.74 Å². The van der Waals surface area contributed by atoms with E-state index in [0.717, 1.165) is 22.4 Å². The molecule has 0 amide bonds. The van der Waals surface area contributed by atoms with E-state index in [-0.39, 0.29) is 11.7 Å². The summed E-state index contributed by atoms with van der Waals surface area (Å²) in [6.45, 7) is 3.89. The highest BCUT2D eigenvalue weighted by molar-refractivity contribution is 7.90. The Morgan fingerprint density at radius 1 is 1.29 bits per heavy atom. The normalized spacial score (nSPS) is 18.4. The highest BCUT2D eigenvalue weighted by Crippen LogP contribution is 2.30. The van der Waals surface area contributed by atoms with Crippen molar-refractivity contribution in [3.05, 3.63) is 28.8 Å². The maximum Gasteiger partial charge on any atom is 0.189 e. The molecule has 0 N–H and O–H groups in total. The van der Waals surface area contributed by atoms with Crippen LogP contribution < -0.4 is 4.74 Å². The SMILES string of the molecule is Cc1cc(C)c2c(c1)CS(=O)(=O)CO2. The van der Waals surface area contributed by atoms with Crippen LogP contribution in [0.25, 0.3) is 0 Å². The van der Waals surface area contributed by atoms with Crippen molar-refractivity contribution in [3.8, 4) is 5.75 Å². The molecule has 0 unspecified atom stereocenters. The monoisotopic (exact) mass is 212 g/mol. The zero-order chi connectivity index (χ0) is 10.3. The van der Waals surface area contributed by atoms with Crippen LogP contribution in [0.5, 0.6) is 5.75 Å². The summed E-state index contributed by atoms with van der Waals surface area (Å²) >= 11 is 0. The van der Waals surface area contributed by atoms with Gasteiger partial charge in [0.2, 0.25) is 0 Å². The van der Waals surface area contributed by atoms with Gasteiger partial charge in [0, 0.05) is 5.56 Å². The van der Waals surface area contributed by atoms with Gasteiger partial charge in [-0.3, -0.25) is 0 Å². The minimum atomic E-state index is -3.05. The van der Waals surface area contributed by atoms with Crippen molar-refractivity contribution >= 4 is 9.84 Å². The van der Waals surface area contributed by atoms with Gasteiger partial charge in [0.05, 0.1) is 5.75 Å². The van der Waals surface area contributed by atoms with Gasteiger partial charge in [0.15, 0.2) is 15.8 Å². The van der Waals surface area contributed by atoms with Gasteiger partial charge in [0.1, 0.15) is 5.75 Å². The zero-order valence-electron chi connectivity index (χ0n) is 8.20. The lowest BCUT2D eigenvalue weighted by Crippen LogP contribution is -2.21. The van der Waals surface area contributed by atoms with E-state index in [1.54, 1.807) is 0 Å². The molecule has 0 radical (unpaired) electrons. The second-order valence-corrected chi connectivity index (χ2v) is 5.73. The summed E-state index contributed by atoms with van der Waals surface area (Å²) in [6, 6.07) is 3.87. The third kappa shape index (κ3) is 1.62. The number of fused-ring (bicyclic) bond motifs is 1. The summed E-state index contributed by atoms with van der Waals surface area (Å²) in [4.78, 5) is 0. The van der Waals surface area contributed by atoms with Crippen LogP contribution in [0.1, 0.15) is 16.7 Å². The molecule has 14 heavy (non-hydrogen) atoms. The Bertz CT molecular complexity index is 474. The van der Waals surface area contributed by atoms with Crippen molar-refractivity contribution in [1.29, 1.82) is 0 Å². The van der Waals surface area contributed by atoms with Crippen LogP contribution in [0.4, 0.5) is 0 Å². The Balaban J connectivity index is 2.58. The van der Waals surface area contributed by atoms with E-state index in [1.807, 2.05) is 26.0 Å². The van der Waals surface area contributed by atoms with Crippen molar-refractivity contribution in [2.45, 2.75) is 19.6 Å². The van der Waals surface area contributed by atoms with Crippen molar-refractivity contribution < 1.29 is 13.2 Å². The predicted octanol–water partition coefficient (Wildman–Crippen LogP) is 1.57. The molecule has 76 valence electrons. The number of aryl methyl sites for hydroxylation is 2.